The van der Waals surface area contributed by atoms with Crippen LogP contribution in [0.25, 0.3) is 0 Å². The third-order valence-electron chi connectivity index (χ3n) is 4.40. The topological polar surface area (TPSA) is 55.2 Å². The molecule has 5 nitrogen and oxygen atoms in total. The van der Waals surface area contributed by atoms with Gasteiger partial charge in [-0.15, -0.1) is 0 Å². The Labute approximate surface area is 183 Å². The molecule has 0 N–H and O–H groups in total. The molecule has 0 spiro atoms. The van der Waals surface area contributed by atoms with E-state index in [0.29, 0.717) is 26.9 Å². The first kappa shape index (κ1) is 21.4. The van der Waals surface area contributed by atoms with Crippen molar-refractivity contribution in [1.29, 1.82) is 0 Å². The summed E-state index contributed by atoms with van der Waals surface area (Å²) >= 11 is 13.7. The van der Waals surface area contributed by atoms with Crippen molar-refractivity contribution < 1.29 is 9.59 Å². The fourth-order valence-electron chi connectivity index (χ4n) is 2.81. The Balaban J connectivity index is 1.85. The van der Waals surface area contributed by atoms with Crippen molar-refractivity contribution in [1.82, 2.24) is 9.55 Å². The zero-order chi connectivity index (χ0) is 21.0. The minimum absolute atomic E-state index is 0.156. The number of rotatable bonds is 7. The van der Waals surface area contributed by atoms with E-state index in [2.05, 4.69) is 4.98 Å². The van der Waals surface area contributed by atoms with Crippen LogP contribution in [0.1, 0.15) is 22.8 Å². The molecule has 0 atom stereocenters. The lowest BCUT2D eigenvalue weighted by molar-refractivity contribution is -0.115. The molecule has 0 radical (unpaired) electrons. The minimum Gasteiger partial charge on any atom is -0.326 e. The second-order valence-electron chi connectivity index (χ2n) is 6.21. The number of anilines is 1. The number of hydrogen-bond donors (Lipinski definition) is 0. The van der Waals surface area contributed by atoms with Gasteiger partial charge >= 0.3 is 0 Å². The van der Waals surface area contributed by atoms with E-state index in [0.717, 1.165) is 11.7 Å². The lowest BCUT2D eigenvalue weighted by Gasteiger charge is -2.21. The highest BCUT2D eigenvalue weighted by Crippen LogP contribution is 2.29. The minimum atomic E-state index is -0.290. The lowest BCUT2D eigenvalue weighted by atomic mass is 10.0. The van der Waals surface area contributed by atoms with Crippen molar-refractivity contribution in [2.75, 3.05) is 17.7 Å². The number of hydrogen-bond acceptors (Lipinski definition) is 4. The summed E-state index contributed by atoms with van der Waals surface area (Å²) in [6.07, 6.45) is 3.58. The van der Waals surface area contributed by atoms with E-state index in [1.807, 2.05) is 17.7 Å². The summed E-state index contributed by atoms with van der Waals surface area (Å²) in [5.41, 5.74) is 1.16. The van der Waals surface area contributed by atoms with Gasteiger partial charge in [0.25, 0.3) is 0 Å². The highest BCUT2D eigenvalue weighted by Gasteiger charge is 2.22. The van der Waals surface area contributed by atoms with E-state index in [-0.39, 0.29) is 17.4 Å². The van der Waals surface area contributed by atoms with Crippen molar-refractivity contribution in [3.63, 3.8) is 0 Å². The largest absolute Gasteiger partial charge is 0.326 e. The highest BCUT2D eigenvalue weighted by atomic mass is 35.5. The van der Waals surface area contributed by atoms with Crippen LogP contribution in [0.5, 0.6) is 0 Å². The van der Waals surface area contributed by atoms with Gasteiger partial charge in [0.15, 0.2) is 10.9 Å². The van der Waals surface area contributed by atoms with Crippen molar-refractivity contribution in [2.24, 2.45) is 0 Å². The van der Waals surface area contributed by atoms with E-state index < -0.39 is 0 Å². The number of aromatic nitrogens is 2. The van der Waals surface area contributed by atoms with Gasteiger partial charge in [0, 0.05) is 42.1 Å². The van der Waals surface area contributed by atoms with Gasteiger partial charge in [0.05, 0.1) is 16.5 Å². The lowest BCUT2D eigenvalue weighted by Crippen LogP contribution is -2.29. The number of carbonyl (C=O) groups is 2. The molecule has 150 valence electrons. The van der Waals surface area contributed by atoms with E-state index in [9.17, 15) is 9.59 Å². The first-order chi connectivity index (χ1) is 13.9. The highest BCUT2D eigenvalue weighted by molar-refractivity contribution is 7.99. The molecule has 0 aliphatic carbocycles. The molecule has 0 saturated carbocycles. The van der Waals surface area contributed by atoms with Crippen LogP contribution in [0, 0.1) is 0 Å². The smallest absolute Gasteiger partial charge is 0.237 e. The van der Waals surface area contributed by atoms with Crippen molar-refractivity contribution in [2.45, 2.75) is 18.6 Å². The molecule has 2 aromatic carbocycles. The van der Waals surface area contributed by atoms with Crippen LogP contribution < -0.4 is 4.90 Å². The fourth-order valence-corrected chi connectivity index (χ4v) is 4.14. The Kier molecular flexibility index (Phi) is 7.00. The van der Waals surface area contributed by atoms with Crippen molar-refractivity contribution >= 4 is 52.3 Å². The molecule has 0 aliphatic heterocycles. The zero-order valence-electron chi connectivity index (χ0n) is 15.9. The number of amides is 1. The number of thioether (sulfide) groups is 1. The summed E-state index contributed by atoms with van der Waals surface area (Å²) < 4.78 is 1.96. The van der Waals surface area contributed by atoms with Crippen LogP contribution in [0.2, 0.25) is 10.0 Å². The summed E-state index contributed by atoms with van der Waals surface area (Å²) in [4.78, 5) is 31.6. The summed E-state index contributed by atoms with van der Waals surface area (Å²) in [6, 6.07) is 11.7. The standard InChI is InChI=1S/C21H19Cl2N3O2S/c1-3-26-11-10-24-21(26)29-13-19(27)25(2)18-9-8-14(22)12-16(18)20(28)15-6-4-5-7-17(15)23/h4-12H,3,13H2,1-2H3. The maximum Gasteiger partial charge on any atom is 0.237 e. The molecule has 8 heteroatoms. The summed E-state index contributed by atoms with van der Waals surface area (Å²) in [6.45, 7) is 2.79. The van der Waals surface area contributed by atoms with Gasteiger partial charge in [0.2, 0.25) is 5.91 Å². The Bertz CT molecular complexity index is 1050. The first-order valence-corrected chi connectivity index (χ1v) is 10.7. The Morgan fingerprint density at radius 1 is 1.14 bits per heavy atom. The molecule has 29 heavy (non-hydrogen) atoms. The zero-order valence-corrected chi connectivity index (χ0v) is 18.3. The second kappa shape index (κ2) is 9.48. The average molecular weight is 448 g/mol. The first-order valence-electron chi connectivity index (χ1n) is 8.91. The predicted molar refractivity (Wildman–Crippen MR) is 118 cm³/mol. The molecular weight excluding hydrogens is 429 g/mol. The third kappa shape index (κ3) is 4.83. The van der Waals surface area contributed by atoms with Crippen LogP contribution in [-0.2, 0) is 11.3 Å². The van der Waals surface area contributed by atoms with Crippen LogP contribution in [0.3, 0.4) is 0 Å². The van der Waals surface area contributed by atoms with Gasteiger partial charge in [-0.3, -0.25) is 9.59 Å². The number of nitrogens with zero attached hydrogens (tertiary/aromatic N) is 3. The number of ketones is 1. The van der Waals surface area contributed by atoms with Gasteiger partial charge < -0.3 is 9.47 Å². The maximum absolute atomic E-state index is 13.1. The summed E-state index contributed by atoms with van der Waals surface area (Å²) in [5, 5.41) is 1.53. The van der Waals surface area contributed by atoms with Gasteiger partial charge in [-0.05, 0) is 37.3 Å². The van der Waals surface area contributed by atoms with E-state index >= 15 is 0 Å². The van der Waals surface area contributed by atoms with Crippen LogP contribution >= 0.6 is 35.0 Å². The number of aryl methyl sites for hydroxylation is 1. The SMILES string of the molecule is CCn1ccnc1SCC(=O)N(C)c1ccc(Cl)cc1C(=O)c1ccccc1Cl. The second-order valence-corrected chi connectivity index (χ2v) is 7.99. The average Bonchev–Trinajstić information content (AvgIpc) is 3.19. The molecule has 0 unspecified atom stereocenters. The monoisotopic (exact) mass is 447 g/mol. The van der Waals surface area contributed by atoms with Crippen LogP contribution in [-0.4, -0.2) is 34.0 Å². The molecule has 0 aliphatic rings. The number of carbonyl (C=O) groups excluding carboxylic acids is 2. The molecule has 1 aromatic heterocycles. The third-order valence-corrected chi connectivity index (χ3v) is 5.95. The van der Waals surface area contributed by atoms with E-state index in [1.165, 1.54) is 16.7 Å². The molecule has 1 heterocycles. The van der Waals surface area contributed by atoms with Gasteiger partial charge in [-0.25, -0.2) is 4.98 Å². The molecule has 3 rings (SSSR count). The van der Waals surface area contributed by atoms with Gasteiger partial charge in [-0.2, -0.15) is 0 Å². The molecule has 1 amide bonds. The van der Waals surface area contributed by atoms with Crippen LogP contribution in [0.15, 0.2) is 60.0 Å². The van der Waals surface area contributed by atoms with Crippen molar-refractivity contribution in [3.05, 3.63) is 76.0 Å². The summed E-state index contributed by atoms with van der Waals surface area (Å²) in [5.74, 6) is -0.256. The van der Waals surface area contributed by atoms with Crippen molar-refractivity contribution in [3.8, 4) is 0 Å². The number of halogens is 2. The molecular formula is C21H19Cl2N3O2S. The van der Waals surface area contributed by atoms with Gasteiger partial charge in [-0.1, -0.05) is 47.1 Å². The summed E-state index contributed by atoms with van der Waals surface area (Å²) in [7, 11) is 1.64. The molecule has 0 saturated heterocycles. The Morgan fingerprint density at radius 2 is 1.90 bits per heavy atom. The van der Waals surface area contributed by atoms with E-state index in [4.69, 9.17) is 23.2 Å². The maximum atomic E-state index is 13.1. The number of benzene rings is 2. The fraction of sp³-hybridized carbons (Fsp3) is 0.190. The predicted octanol–water partition coefficient (Wildman–Crippen LogP) is 5.20. The quantitative estimate of drug-likeness (QED) is 0.369. The Hall–Kier alpha value is -2.28. The van der Waals surface area contributed by atoms with Crippen LogP contribution in [0.4, 0.5) is 5.69 Å². The number of imidazole rings is 1. The van der Waals surface area contributed by atoms with E-state index in [1.54, 1.807) is 55.7 Å². The van der Waals surface area contributed by atoms with Gasteiger partial charge in [0.1, 0.15) is 0 Å². The molecule has 3 aromatic rings. The normalized spacial score (nSPS) is 10.8. The molecule has 0 fully saturated rings. The molecule has 0 bridgehead atoms. The Morgan fingerprint density at radius 3 is 2.62 bits per heavy atom.